The molecule has 98 valence electrons. The van der Waals surface area contributed by atoms with Crippen molar-refractivity contribution in [2.45, 2.75) is 25.9 Å². The van der Waals surface area contributed by atoms with Crippen molar-refractivity contribution in [3.63, 3.8) is 0 Å². The van der Waals surface area contributed by atoms with E-state index in [4.69, 9.17) is 4.74 Å². The first-order chi connectivity index (χ1) is 9.29. The van der Waals surface area contributed by atoms with E-state index >= 15 is 0 Å². The fourth-order valence-electron chi connectivity index (χ4n) is 2.76. The van der Waals surface area contributed by atoms with Gasteiger partial charge in [-0.05, 0) is 25.0 Å². The quantitative estimate of drug-likeness (QED) is 0.841. The van der Waals surface area contributed by atoms with Gasteiger partial charge in [0.2, 0.25) is 5.88 Å². The summed E-state index contributed by atoms with van der Waals surface area (Å²) in [6.07, 6.45) is 2.83. The molecule has 0 saturated carbocycles. The Morgan fingerprint density at radius 1 is 1.26 bits per heavy atom. The van der Waals surface area contributed by atoms with Crippen molar-refractivity contribution in [1.82, 2.24) is 4.98 Å². The standard InChI is InChI=1S/C16H18N2O/c1-12-10-14-15(8-9-17-16(14)19-2)18(12)11-13-6-4-3-5-7-13/h3-9,12H,10-11H2,1-2H3. The summed E-state index contributed by atoms with van der Waals surface area (Å²) in [4.78, 5) is 6.72. The van der Waals surface area contributed by atoms with Crippen LogP contribution in [0.2, 0.25) is 0 Å². The Morgan fingerprint density at radius 3 is 2.79 bits per heavy atom. The molecule has 3 nitrogen and oxygen atoms in total. The maximum Gasteiger partial charge on any atom is 0.218 e. The van der Waals surface area contributed by atoms with E-state index in [2.05, 4.69) is 53.2 Å². The van der Waals surface area contributed by atoms with Crippen LogP contribution in [0.15, 0.2) is 42.6 Å². The smallest absolute Gasteiger partial charge is 0.218 e. The summed E-state index contributed by atoms with van der Waals surface area (Å²) in [5, 5.41) is 0. The molecule has 0 amide bonds. The van der Waals surface area contributed by atoms with Crippen LogP contribution in [-0.4, -0.2) is 18.1 Å². The summed E-state index contributed by atoms with van der Waals surface area (Å²) in [6.45, 7) is 3.19. The van der Waals surface area contributed by atoms with Crippen molar-refractivity contribution in [2.75, 3.05) is 12.0 Å². The number of hydrogen-bond donors (Lipinski definition) is 0. The second-order valence-corrected chi connectivity index (χ2v) is 4.98. The molecule has 1 atom stereocenters. The number of anilines is 1. The van der Waals surface area contributed by atoms with Crippen LogP contribution in [0.25, 0.3) is 0 Å². The summed E-state index contributed by atoms with van der Waals surface area (Å²) in [5.41, 5.74) is 3.81. The van der Waals surface area contributed by atoms with Gasteiger partial charge in [-0.2, -0.15) is 0 Å². The minimum Gasteiger partial charge on any atom is -0.481 e. The van der Waals surface area contributed by atoms with Gasteiger partial charge in [-0.3, -0.25) is 0 Å². The lowest BCUT2D eigenvalue weighted by molar-refractivity contribution is 0.393. The molecule has 0 fully saturated rings. The van der Waals surface area contributed by atoms with Crippen LogP contribution < -0.4 is 9.64 Å². The van der Waals surface area contributed by atoms with Crippen LogP contribution in [0.5, 0.6) is 5.88 Å². The molecular weight excluding hydrogens is 236 g/mol. The maximum absolute atomic E-state index is 5.37. The Morgan fingerprint density at radius 2 is 2.05 bits per heavy atom. The largest absolute Gasteiger partial charge is 0.481 e. The maximum atomic E-state index is 5.37. The highest BCUT2D eigenvalue weighted by molar-refractivity contribution is 5.62. The van der Waals surface area contributed by atoms with Gasteiger partial charge in [-0.15, -0.1) is 0 Å². The van der Waals surface area contributed by atoms with Crippen molar-refractivity contribution >= 4 is 5.69 Å². The molecule has 1 unspecified atom stereocenters. The van der Waals surface area contributed by atoms with Crippen LogP contribution in [0.3, 0.4) is 0 Å². The van der Waals surface area contributed by atoms with Crippen LogP contribution in [0.1, 0.15) is 18.1 Å². The number of pyridine rings is 1. The van der Waals surface area contributed by atoms with Crippen LogP contribution in [0.4, 0.5) is 5.69 Å². The van der Waals surface area contributed by atoms with E-state index in [1.54, 1.807) is 7.11 Å². The van der Waals surface area contributed by atoms with Gasteiger partial charge in [0.25, 0.3) is 0 Å². The minimum absolute atomic E-state index is 0.480. The number of nitrogens with zero attached hydrogens (tertiary/aromatic N) is 2. The first-order valence-electron chi connectivity index (χ1n) is 6.62. The van der Waals surface area contributed by atoms with Gasteiger partial charge in [0.1, 0.15) is 0 Å². The number of methoxy groups -OCH3 is 1. The van der Waals surface area contributed by atoms with Gasteiger partial charge >= 0.3 is 0 Å². The number of aromatic nitrogens is 1. The highest BCUT2D eigenvalue weighted by Crippen LogP contribution is 2.37. The van der Waals surface area contributed by atoms with Crippen molar-refractivity contribution in [2.24, 2.45) is 0 Å². The molecule has 2 heterocycles. The molecule has 0 aliphatic carbocycles. The van der Waals surface area contributed by atoms with Gasteiger partial charge in [-0.25, -0.2) is 4.98 Å². The average Bonchev–Trinajstić information content (AvgIpc) is 2.76. The number of fused-ring (bicyclic) bond motifs is 1. The van der Waals surface area contributed by atoms with Gasteiger partial charge in [-0.1, -0.05) is 30.3 Å². The second kappa shape index (κ2) is 4.92. The predicted octanol–water partition coefficient (Wildman–Crippen LogP) is 3.04. The molecule has 0 radical (unpaired) electrons. The molecule has 1 aromatic heterocycles. The molecule has 0 spiro atoms. The monoisotopic (exact) mass is 254 g/mol. The predicted molar refractivity (Wildman–Crippen MR) is 76.6 cm³/mol. The third kappa shape index (κ3) is 2.16. The zero-order valence-electron chi connectivity index (χ0n) is 11.3. The lowest BCUT2D eigenvalue weighted by atomic mass is 10.1. The van der Waals surface area contributed by atoms with E-state index in [9.17, 15) is 0 Å². The molecule has 3 heteroatoms. The Labute approximate surface area is 113 Å². The van der Waals surface area contributed by atoms with Crippen LogP contribution in [0, 0.1) is 0 Å². The van der Waals surface area contributed by atoms with E-state index in [-0.39, 0.29) is 0 Å². The first kappa shape index (κ1) is 12.0. The Hall–Kier alpha value is -2.03. The van der Waals surface area contributed by atoms with E-state index < -0.39 is 0 Å². The zero-order valence-corrected chi connectivity index (χ0v) is 11.3. The number of hydrogen-bond acceptors (Lipinski definition) is 3. The van der Waals surface area contributed by atoms with Gasteiger partial charge in [0, 0.05) is 30.0 Å². The Kier molecular flexibility index (Phi) is 3.11. The van der Waals surface area contributed by atoms with Gasteiger partial charge in [0.15, 0.2) is 0 Å². The Bertz CT molecular complexity index is 568. The Balaban J connectivity index is 1.93. The number of ether oxygens (including phenoxy) is 1. The van der Waals surface area contributed by atoms with Crippen LogP contribution in [-0.2, 0) is 13.0 Å². The lowest BCUT2D eigenvalue weighted by Gasteiger charge is -2.24. The van der Waals surface area contributed by atoms with Gasteiger partial charge < -0.3 is 9.64 Å². The molecule has 0 saturated heterocycles. The molecule has 0 N–H and O–H groups in total. The number of benzene rings is 1. The highest BCUT2D eigenvalue weighted by Gasteiger charge is 2.29. The average molecular weight is 254 g/mol. The van der Waals surface area contributed by atoms with E-state index in [1.807, 2.05) is 6.20 Å². The number of rotatable bonds is 3. The lowest BCUT2D eigenvalue weighted by Crippen LogP contribution is -2.28. The highest BCUT2D eigenvalue weighted by atomic mass is 16.5. The topological polar surface area (TPSA) is 25.4 Å². The molecule has 3 rings (SSSR count). The summed E-state index contributed by atoms with van der Waals surface area (Å²) in [7, 11) is 1.69. The normalized spacial score (nSPS) is 17.4. The molecular formula is C16H18N2O. The summed E-state index contributed by atoms with van der Waals surface area (Å²) in [6, 6.07) is 13.1. The van der Waals surface area contributed by atoms with Crippen molar-refractivity contribution in [3.05, 3.63) is 53.7 Å². The first-order valence-corrected chi connectivity index (χ1v) is 6.62. The minimum atomic E-state index is 0.480. The molecule has 0 bridgehead atoms. The summed E-state index contributed by atoms with van der Waals surface area (Å²) >= 11 is 0. The second-order valence-electron chi connectivity index (χ2n) is 4.98. The molecule has 1 aliphatic heterocycles. The zero-order chi connectivity index (χ0) is 13.2. The third-order valence-electron chi connectivity index (χ3n) is 3.72. The van der Waals surface area contributed by atoms with Crippen molar-refractivity contribution in [1.29, 1.82) is 0 Å². The molecule has 1 aromatic carbocycles. The summed E-state index contributed by atoms with van der Waals surface area (Å²) in [5.74, 6) is 0.764. The summed E-state index contributed by atoms with van der Waals surface area (Å²) < 4.78 is 5.37. The van der Waals surface area contributed by atoms with E-state index in [0.717, 1.165) is 18.8 Å². The SMILES string of the molecule is COc1nccc2c1CC(C)N2Cc1ccccc1. The van der Waals surface area contributed by atoms with Gasteiger partial charge in [0.05, 0.1) is 7.11 Å². The van der Waals surface area contributed by atoms with Crippen molar-refractivity contribution in [3.8, 4) is 5.88 Å². The fourth-order valence-corrected chi connectivity index (χ4v) is 2.76. The van der Waals surface area contributed by atoms with E-state index in [1.165, 1.54) is 16.8 Å². The third-order valence-corrected chi connectivity index (χ3v) is 3.72. The molecule has 19 heavy (non-hydrogen) atoms. The molecule has 1 aliphatic rings. The fraction of sp³-hybridized carbons (Fsp3) is 0.312. The van der Waals surface area contributed by atoms with Crippen LogP contribution >= 0.6 is 0 Å². The van der Waals surface area contributed by atoms with E-state index in [0.29, 0.717) is 6.04 Å². The van der Waals surface area contributed by atoms with Crippen molar-refractivity contribution < 1.29 is 4.74 Å². The molecule has 2 aromatic rings.